The number of rotatable bonds is 4. The highest BCUT2D eigenvalue weighted by Gasteiger charge is 2.25. The summed E-state index contributed by atoms with van der Waals surface area (Å²) in [5.41, 5.74) is 3.91. The van der Waals surface area contributed by atoms with Gasteiger partial charge in [0.15, 0.2) is 5.82 Å². The molecule has 5 rings (SSSR count). The molecule has 3 N–H and O–H groups in total. The Morgan fingerprint density at radius 2 is 1.93 bits per heavy atom. The third kappa shape index (κ3) is 5.75. The highest BCUT2D eigenvalue weighted by Crippen LogP contribution is 2.33. The average Bonchev–Trinajstić information content (AvgIpc) is 3.38. The molecule has 9 nitrogen and oxygen atoms in total. The number of halogens is 2. The second-order valence-electron chi connectivity index (χ2n) is 10.3. The number of hydrogen-bond donors (Lipinski definition) is 3. The van der Waals surface area contributed by atoms with E-state index >= 15 is 0 Å². The van der Waals surface area contributed by atoms with E-state index < -0.39 is 17.8 Å². The van der Waals surface area contributed by atoms with Gasteiger partial charge in [-0.3, -0.25) is 19.4 Å². The first-order valence-corrected chi connectivity index (χ1v) is 14.0. The summed E-state index contributed by atoms with van der Waals surface area (Å²) in [5.74, 6) is -1.69. The van der Waals surface area contributed by atoms with Gasteiger partial charge in [-0.15, -0.1) is 0 Å². The van der Waals surface area contributed by atoms with Crippen LogP contribution in [0.3, 0.4) is 0 Å². The highest BCUT2D eigenvalue weighted by atomic mass is 35.5. The van der Waals surface area contributed by atoms with Crippen molar-refractivity contribution in [1.82, 2.24) is 25.4 Å². The van der Waals surface area contributed by atoms with Gasteiger partial charge in [0.1, 0.15) is 5.69 Å². The van der Waals surface area contributed by atoms with Crippen LogP contribution in [0.5, 0.6) is 0 Å². The minimum atomic E-state index is -0.629. The average molecular weight is 589 g/mol. The Bertz CT molecular complexity index is 1690. The Kier molecular flexibility index (Phi) is 8.35. The van der Waals surface area contributed by atoms with Crippen molar-refractivity contribution in [2.75, 3.05) is 12.4 Å². The number of benzene rings is 2. The molecule has 3 amide bonds. The standard InChI is InChI=1S/C31H30ClFN6O3/c1-17-6-4-8-25(38-31(42)22-16-36-39(18(22)2)27-9-5-7-23(32)28(27)33)26-15-19(12-13-35-26)21-14-20(30(41)34-3)10-11-24(21)37-29(17)40/h5,7,9-17,25H,4,6,8H2,1-3H3,(H,34,41)(H,37,40)(H,38,42)/t17-,25+/m1/s1. The zero-order valence-corrected chi connectivity index (χ0v) is 24.1. The number of carbonyl (C=O) groups is 3. The molecule has 0 saturated heterocycles. The number of carbonyl (C=O) groups excluding carboxylic acids is 3. The summed E-state index contributed by atoms with van der Waals surface area (Å²) in [6.07, 6.45) is 4.81. The maximum Gasteiger partial charge on any atom is 0.255 e. The Morgan fingerprint density at radius 1 is 1.12 bits per heavy atom. The molecule has 2 aromatic carbocycles. The second kappa shape index (κ2) is 12.1. The van der Waals surface area contributed by atoms with Gasteiger partial charge in [-0.25, -0.2) is 9.07 Å². The minimum absolute atomic E-state index is 0.0421. The first-order chi connectivity index (χ1) is 20.2. The summed E-state index contributed by atoms with van der Waals surface area (Å²) in [5, 5.41) is 12.9. The summed E-state index contributed by atoms with van der Waals surface area (Å²) >= 11 is 5.96. The number of nitrogens with one attached hydrogen (secondary N) is 3. The monoisotopic (exact) mass is 588 g/mol. The number of hydrogen-bond acceptors (Lipinski definition) is 5. The zero-order valence-electron chi connectivity index (χ0n) is 23.4. The van der Waals surface area contributed by atoms with Crippen LogP contribution < -0.4 is 16.0 Å². The van der Waals surface area contributed by atoms with Gasteiger partial charge in [0, 0.05) is 36.0 Å². The fourth-order valence-corrected chi connectivity index (χ4v) is 5.23. The van der Waals surface area contributed by atoms with Crippen molar-refractivity contribution in [3.05, 3.63) is 94.3 Å². The molecule has 42 heavy (non-hydrogen) atoms. The molecule has 3 heterocycles. The molecule has 2 atom stereocenters. The van der Waals surface area contributed by atoms with Crippen LogP contribution in [0.1, 0.15) is 64.3 Å². The van der Waals surface area contributed by atoms with Gasteiger partial charge in [-0.2, -0.15) is 5.10 Å². The predicted octanol–water partition coefficient (Wildman–Crippen LogP) is 5.62. The van der Waals surface area contributed by atoms with Gasteiger partial charge in [0.05, 0.1) is 34.2 Å². The molecule has 0 saturated carbocycles. The van der Waals surface area contributed by atoms with Crippen molar-refractivity contribution in [2.24, 2.45) is 5.92 Å². The van der Waals surface area contributed by atoms with Gasteiger partial charge < -0.3 is 16.0 Å². The van der Waals surface area contributed by atoms with Gasteiger partial charge in [-0.1, -0.05) is 31.0 Å². The van der Waals surface area contributed by atoms with E-state index in [4.69, 9.17) is 11.6 Å². The molecule has 1 aliphatic heterocycles. The number of amides is 3. The van der Waals surface area contributed by atoms with Crippen molar-refractivity contribution >= 4 is 35.0 Å². The van der Waals surface area contributed by atoms with E-state index in [1.54, 1.807) is 50.5 Å². The Hall–Kier alpha value is -4.57. The van der Waals surface area contributed by atoms with E-state index in [9.17, 15) is 18.8 Å². The second-order valence-corrected chi connectivity index (χ2v) is 10.7. The fourth-order valence-electron chi connectivity index (χ4n) is 5.06. The lowest BCUT2D eigenvalue weighted by Gasteiger charge is -2.22. The number of fused-ring (bicyclic) bond motifs is 4. The molecule has 1 aliphatic rings. The smallest absolute Gasteiger partial charge is 0.255 e. The lowest BCUT2D eigenvalue weighted by Crippen LogP contribution is -2.30. The van der Waals surface area contributed by atoms with E-state index in [-0.39, 0.29) is 34.0 Å². The molecule has 11 heteroatoms. The molecule has 0 aliphatic carbocycles. The topological polar surface area (TPSA) is 118 Å². The molecule has 0 unspecified atom stereocenters. The number of anilines is 1. The Balaban J connectivity index is 1.51. The number of nitrogens with zero attached hydrogens (tertiary/aromatic N) is 3. The van der Waals surface area contributed by atoms with Crippen LogP contribution in [0.25, 0.3) is 16.8 Å². The zero-order chi connectivity index (χ0) is 30.0. The number of pyridine rings is 1. The normalized spacial score (nSPS) is 16.8. The maximum absolute atomic E-state index is 14.7. The van der Waals surface area contributed by atoms with Gasteiger partial charge in [-0.05, 0) is 67.8 Å². The van der Waals surface area contributed by atoms with Crippen molar-refractivity contribution in [1.29, 1.82) is 0 Å². The summed E-state index contributed by atoms with van der Waals surface area (Å²) in [4.78, 5) is 43.5. The summed E-state index contributed by atoms with van der Waals surface area (Å²) in [6, 6.07) is 12.9. The minimum Gasteiger partial charge on any atom is -0.355 e. The Labute approximate surface area is 247 Å². The van der Waals surface area contributed by atoms with Crippen molar-refractivity contribution in [3.63, 3.8) is 0 Å². The fraction of sp³-hybridized carbons (Fsp3) is 0.258. The molecular formula is C31H30ClFN6O3. The lowest BCUT2D eigenvalue weighted by molar-refractivity contribution is -0.119. The molecule has 4 aromatic rings. The molecule has 0 radical (unpaired) electrons. The maximum atomic E-state index is 14.7. The Morgan fingerprint density at radius 3 is 2.71 bits per heavy atom. The lowest BCUT2D eigenvalue weighted by atomic mass is 9.94. The summed E-state index contributed by atoms with van der Waals surface area (Å²) < 4.78 is 16.0. The van der Waals surface area contributed by atoms with Gasteiger partial charge in [0.2, 0.25) is 5.91 Å². The van der Waals surface area contributed by atoms with Crippen molar-refractivity contribution < 1.29 is 18.8 Å². The predicted molar refractivity (Wildman–Crippen MR) is 158 cm³/mol. The summed E-state index contributed by atoms with van der Waals surface area (Å²) in [7, 11) is 1.56. The van der Waals surface area contributed by atoms with Crippen LogP contribution >= 0.6 is 11.6 Å². The third-order valence-electron chi connectivity index (χ3n) is 7.51. The van der Waals surface area contributed by atoms with Crippen LogP contribution in [0.2, 0.25) is 5.02 Å². The van der Waals surface area contributed by atoms with Crippen LogP contribution in [0, 0.1) is 18.7 Å². The van der Waals surface area contributed by atoms with E-state index in [1.165, 1.54) is 23.0 Å². The van der Waals surface area contributed by atoms with Crippen molar-refractivity contribution in [3.8, 4) is 16.8 Å². The van der Waals surface area contributed by atoms with E-state index in [1.807, 2.05) is 13.0 Å². The first-order valence-electron chi connectivity index (χ1n) is 13.6. The largest absolute Gasteiger partial charge is 0.355 e. The molecule has 2 aromatic heterocycles. The number of aromatic nitrogens is 3. The third-order valence-corrected chi connectivity index (χ3v) is 7.80. The first kappa shape index (κ1) is 28.9. The van der Waals surface area contributed by atoms with Gasteiger partial charge in [0.25, 0.3) is 11.8 Å². The molecule has 216 valence electrons. The van der Waals surface area contributed by atoms with Crippen LogP contribution in [-0.2, 0) is 4.79 Å². The SMILES string of the molecule is CNC(=O)c1ccc2c(c1)-c1ccnc(c1)[C@@H](NC(=O)c1cnn(-c3cccc(Cl)c3F)c1C)CCC[C@@H](C)C(=O)N2. The van der Waals surface area contributed by atoms with Crippen LogP contribution in [0.15, 0.2) is 60.9 Å². The molecular weight excluding hydrogens is 559 g/mol. The van der Waals surface area contributed by atoms with E-state index in [0.717, 1.165) is 5.56 Å². The van der Waals surface area contributed by atoms with Crippen LogP contribution in [-0.4, -0.2) is 39.5 Å². The quantitative estimate of drug-likeness (QED) is 0.286. The van der Waals surface area contributed by atoms with Crippen molar-refractivity contribution in [2.45, 2.75) is 39.2 Å². The molecule has 0 spiro atoms. The van der Waals surface area contributed by atoms with Crippen LogP contribution in [0.4, 0.5) is 10.1 Å². The highest BCUT2D eigenvalue weighted by molar-refractivity contribution is 6.30. The molecule has 0 fully saturated rings. The van der Waals surface area contributed by atoms with E-state index in [2.05, 4.69) is 26.0 Å². The molecule has 2 bridgehead atoms. The van der Waals surface area contributed by atoms with Gasteiger partial charge >= 0.3 is 0 Å². The van der Waals surface area contributed by atoms with E-state index in [0.29, 0.717) is 47.5 Å². The summed E-state index contributed by atoms with van der Waals surface area (Å²) in [6.45, 7) is 3.54.